The first-order valence-electron chi connectivity index (χ1n) is 7.00. The molecule has 1 aromatic carbocycles. The second-order valence-corrected chi connectivity index (χ2v) is 5.63. The molecule has 1 aromatic rings. The van der Waals surface area contributed by atoms with Crippen molar-refractivity contribution in [3.63, 3.8) is 0 Å². The maximum atomic E-state index is 12.8. The molecule has 2 rings (SSSR count). The first kappa shape index (κ1) is 18.8. The minimum Gasteiger partial charge on any atom is -0.327 e. The van der Waals surface area contributed by atoms with Crippen LogP contribution in [-0.2, 0) is 11.0 Å². The Bertz CT molecular complexity index is 534. The molecular weight excluding hydrogens is 317 g/mol. The molecule has 0 unspecified atom stereocenters. The van der Waals surface area contributed by atoms with Crippen LogP contribution in [0.2, 0.25) is 0 Å². The zero-order valence-electron chi connectivity index (χ0n) is 12.2. The van der Waals surface area contributed by atoms with Crippen molar-refractivity contribution in [1.82, 2.24) is 0 Å². The van der Waals surface area contributed by atoms with E-state index < -0.39 is 11.7 Å². The van der Waals surface area contributed by atoms with Gasteiger partial charge in [0.25, 0.3) is 0 Å². The summed E-state index contributed by atoms with van der Waals surface area (Å²) < 4.78 is 38.4. The molecule has 1 aliphatic carbocycles. The number of amides is 1. The van der Waals surface area contributed by atoms with Gasteiger partial charge in [0, 0.05) is 18.2 Å². The molecule has 0 aromatic heterocycles. The molecule has 22 heavy (non-hydrogen) atoms. The highest BCUT2D eigenvalue weighted by Crippen LogP contribution is 2.33. The van der Waals surface area contributed by atoms with Gasteiger partial charge in [-0.25, -0.2) is 0 Å². The molecule has 0 aliphatic heterocycles. The Balaban J connectivity index is 0.00000242. The van der Waals surface area contributed by atoms with Gasteiger partial charge in [0.05, 0.1) is 5.56 Å². The summed E-state index contributed by atoms with van der Waals surface area (Å²) in [6, 6.07) is 3.83. The third kappa shape index (κ3) is 4.61. The lowest BCUT2D eigenvalue weighted by molar-refractivity contribution is -0.138. The van der Waals surface area contributed by atoms with Crippen LogP contribution in [0.4, 0.5) is 18.9 Å². The fraction of sp³-hybridized carbons (Fsp3) is 0.533. The molecule has 7 heteroatoms. The lowest BCUT2D eigenvalue weighted by Gasteiger charge is -2.16. The van der Waals surface area contributed by atoms with Gasteiger partial charge in [-0.15, -0.1) is 12.4 Å². The number of halogens is 4. The fourth-order valence-corrected chi connectivity index (χ4v) is 2.77. The van der Waals surface area contributed by atoms with E-state index in [2.05, 4.69) is 5.32 Å². The zero-order valence-corrected chi connectivity index (χ0v) is 13.1. The van der Waals surface area contributed by atoms with Crippen LogP contribution in [0.5, 0.6) is 0 Å². The smallest absolute Gasteiger partial charge is 0.327 e. The molecule has 0 saturated heterocycles. The van der Waals surface area contributed by atoms with Crippen LogP contribution in [0, 0.1) is 12.8 Å². The molecule has 3 nitrogen and oxygen atoms in total. The number of carbonyl (C=O) groups excluding carboxylic acids is 1. The molecule has 1 saturated carbocycles. The minimum atomic E-state index is -4.42. The highest BCUT2D eigenvalue weighted by molar-refractivity contribution is 5.91. The van der Waals surface area contributed by atoms with E-state index in [1.807, 2.05) is 0 Å². The Hall–Kier alpha value is -1.27. The van der Waals surface area contributed by atoms with Crippen molar-refractivity contribution in [1.29, 1.82) is 0 Å². The summed E-state index contributed by atoms with van der Waals surface area (Å²) in [6.07, 6.45) is -1.35. The van der Waals surface area contributed by atoms with Crippen molar-refractivity contribution in [2.75, 3.05) is 5.32 Å². The molecule has 1 fully saturated rings. The van der Waals surface area contributed by atoms with E-state index in [-0.39, 0.29) is 47.9 Å². The van der Waals surface area contributed by atoms with Gasteiger partial charge < -0.3 is 11.1 Å². The van der Waals surface area contributed by atoms with Gasteiger partial charge in [0.15, 0.2) is 0 Å². The summed E-state index contributed by atoms with van der Waals surface area (Å²) in [5, 5.41) is 2.53. The van der Waals surface area contributed by atoms with Crippen LogP contribution in [0.25, 0.3) is 0 Å². The van der Waals surface area contributed by atoms with Crippen molar-refractivity contribution in [2.24, 2.45) is 11.7 Å². The lowest BCUT2D eigenvalue weighted by Crippen LogP contribution is -2.28. The summed E-state index contributed by atoms with van der Waals surface area (Å²) in [7, 11) is 0. The number of anilines is 1. The maximum absolute atomic E-state index is 12.8. The van der Waals surface area contributed by atoms with Gasteiger partial charge >= 0.3 is 6.18 Å². The third-order valence-corrected chi connectivity index (χ3v) is 3.99. The monoisotopic (exact) mass is 336 g/mol. The molecule has 0 spiro atoms. The number of aryl methyl sites for hydroxylation is 1. The molecule has 0 bridgehead atoms. The Morgan fingerprint density at radius 3 is 2.59 bits per heavy atom. The van der Waals surface area contributed by atoms with Gasteiger partial charge in [-0.2, -0.15) is 13.2 Å². The summed E-state index contributed by atoms with van der Waals surface area (Å²) in [4.78, 5) is 11.9. The molecule has 1 amide bonds. The standard InChI is InChI=1S/C15H19F3N2O.ClH/c1-9-5-6-11(8-12(9)15(16,17)18)20-14(21)7-10-3-2-4-13(10)19;/h5-6,8,10,13H,2-4,7,19H2,1H3,(H,20,21);1H/t10-,13+;/m0./s1. The minimum absolute atomic E-state index is 0. The Morgan fingerprint density at radius 2 is 2.05 bits per heavy atom. The number of hydrogen-bond acceptors (Lipinski definition) is 2. The fourth-order valence-electron chi connectivity index (χ4n) is 2.77. The number of hydrogen-bond donors (Lipinski definition) is 2. The summed E-state index contributed by atoms with van der Waals surface area (Å²) in [5.41, 5.74) is 5.48. The van der Waals surface area contributed by atoms with E-state index in [0.717, 1.165) is 25.3 Å². The Kier molecular flexibility index (Phi) is 6.26. The summed E-state index contributed by atoms with van der Waals surface area (Å²) in [6.45, 7) is 1.39. The number of rotatable bonds is 3. The third-order valence-electron chi connectivity index (χ3n) is 3.99. The second-order valence-electron chi connectivity index (χ2n) is 5.63. The van der Waals surface area contributed by atoms with Crippen LogP contribution < -0.4 is 11.1 Å². The van der Waals surface area contributed by atoms with Crippen molar-refractivity contribution < 1.29 is 18.0 Å². The van der Waals surface area contributed by atoms with Gasteiger partial charge in [-0.1, -0.05) is 12.5 Å². The van der Waals surface area contributed by atoms with E-state index in [0.29, 0.717) is 0 Å². The number of carbonyl (C=O) groups is 1. The summed E-state index contributed by atoms with van der Waals surface area (Å²) >= 11 is 0. The van der Waals surface area contributed by atoms with E-state index in [9.17, 15) is 18.0 Å². The Morgan fingerprint density at radius 1 is 1.36 bits per heavy atom. The van der Waals surface area contributed by atoms with Crippen LogP contribution in [0.1, 0.15) is 36.8 Å². The maximum Gasteiger partial charge on any atom is 0.416 e. The average molecular weight is 337 g/mol. The van der Waals surface area contributed by atoms with Crippen LogP contribution in [0.3, 0.4) is 0 Å². The van der Waals surface area contributed by atoms with Gasteiger partial charge in [-0.3, -0.25) is 4.79 Å². The summed E-state index contributed by atoms with van der Waals surface area (Å²) in [5.74, 6) is -0.160. The quantitative estimate of drug-likeness (QED) is 0.879. The molecule has 0 heterocycles. The molecule has 1 aliphatic rings. The molecule has 3 N–H and O–H groups in total. The van der Waals surface area contributed by atoms with Gasteiger partial charge in [0.1, 0.15) is 0 Å². The van der Waals surface area contributed by atoms with Crippen molar-refractivity contribution in [2.45, 2.75) is 44.8 Å². The van der Waals surface area contributed by atoms with Crippen LogP contribution in [-0.4, -0.2) is 11.9 Å². The molecule has 2 atom stereocenters. The number of benzene rings is 1. The number of nitrogens with two attached hydrogens (primary N) is 1. The highest BCUT2D eigenvalue weighted by Gasteiger charge is 2.32. The van der Waals surface area contributed by atoms with E-state index >= 15 is 0 Å². The predicted molar refractivity (Wildman–Crippen MR) is 82.0 cm³/mol. The van der Waals surface area contributed by atoms with E-state index in [1.54, 1.807) is 0 Å². The van der Waals surface area contributed by atoms with Crippen LogP contribution in [0.15, 0.2) is 18.2 Å². The lowest BCUT2D eigenvalue weighted by atomic mass is 10.00. The topological polar surface area (TPSA) is 55.1 Å². The van der Waals surface area contributed by atoms with Crippen molar-refractivity contribution >= 4 is 24.0 Å². The van der Waals surface area contributed by atoms with Gasteiger partial charge in [-0.05, 0) is 43.4 Å². The highest BCUT2D eigenvalue weighted by atomic mass is 35.5. The predicted octanol–water partition coefficient (Wildman–Crippen LogP) is 3.89. The SMILES string of the molecule is Cc1ccc(NC(=O)C[C@@H]2CCC[C@H]2N)cc1C(F)(F)F.Cl. The molecular formula is C15H20ClF3N2O. The first-order valence-corrected chi connectivity index (χ1v) is 7.00. The normalized spacial score (nSPS) is 21.3. The first-order chi connectivity index (χ1) is 9.77. The van der Waals surface area contributed by atoms with E-state index in [4.69, 9.17) is 5.73 Å². The van der Waals surface area contributed by atoms with Gasteiger partial charge in [0.2, 0.25) is 5.91 Å². The zero-order chi connectivity index (χ0) is 15.6. The van der Waals surface area contributed by atoms with E-state index in [1.165, 1.54) is 19.1 Å². The second kappa shape index (κ2) is 7.33. The van der Waals surface area contributed by atoms with Crippen LogP contribution >= 0.6 is 12.4 Å². The molecule has 124 valence electrons. The Labute approximate surface area is 133 Å². The van der Waals surface area contributed by atoms with Crippen molar-refractivity contribution in [3.8, 4) is 0 Å². The number of alkyl halides is 3. The average Bonchev–Trinajstić information content (AvgIpc) is 2.76. The largest absolute Gasteiger partial charge is 0.416 e. The number of nitrogens with one attached hydrogen (secondary N) is 1. The van der Waals surface area contributed by atoms with Crippen molar-refractivity contribution in [3.05, 3.63) is 29.3 Å². The molecule has 0 radical (unpaired) electrons.